The highest BCUT2D eigenvalue weighted by Crippen LogP contribution is 2.45. The number of rotatable bonds is 3. The van der Waals surface area contributed by atoms with Gasteiger partial charge in [-0.1, -0.05) is 57.5 Å². The Kier molecular flexibility index (Phi) is 5.65. The predicted molar refractivity (Wildman–Crippen MR) is 131 cm³/mol. The smallest absolute Gasteiger partial charge is 0.282 e. The molecule has 1 fully saturated rings. The number of imide groups is 1. The van der Waals surface area contributed by atoms with Gasteiger partial charge in [0.1, 0.15) is 0 Å². The van der Waals surface area contributed by atoms with Crippen LogP contribution in [0.4, 0.5) is 4.79 Å². The number of carbonyl (C=O) groups excluding carboxylic acids is 2. The second-order valence-corrected chi connectivity index (χ2v) is 10.6. The molecule has 4 rings (SSSR count). The Morgan fingerprint density at radius 3 is 2.48 bits per heavy atom. The molecule has 160 valence electrons. The molecule has 0 unspecified atom stereocenters. The number of hydrogen-bond donors (Lipinski definition) is 1. The number of hydrogen-bond acceptors (Lipinski definition) is 3. The average molecular weight is 452 g/mol. The average Bonchev–Trinajstić information content (AvgIpc) is 3.00. The second-order valence-electron chi connectivity index (χ2n) is 9.21. The van der Waals surface area contributed by atoms with Crippen LogP contribution in [0.2, 0.25) is 5.02 Å². The Bertz CT molecular complexity index is 1170. The summed E-state index contributed by atoms with van der Waals surface area (Å²) < 4.78 is 0. The monoisotopic (exact) mass is 451 g/mol. The molecule has 1 aliphatic heterocycles. The van der Waals surface area contributed by atoms with Crippen LogP contribution in [0.25, 0.3) is 22.8 Å². The summed E-state index contributed by atoms with van der Waals surface area (Å²) in [5.41, 5.74) is 8.17. The molecule has 0 radical (unpaired) electrons. The molecular weight excluding hydrogens is 426 g/mol. The summed E-state index contributed by atoms with van der Waals surface area (Å²) >= 11 is 7.56. The van der Waals surface area contributed by atoms with E-state index in [0.29, 0.717) is 15.8 Å². The molecule has 2 aliphatic rings. The fraction of sp³-hybridized carbons (Fsp3) is 0.308. The number of benzene rings is 2. The number of thioether (sulfide) groups is 1. The van der Waals surface area contributed by atoms with Gasteiger partial charge in [-0.2, -0.15) is 0 Å². The van der Waals surface area contributed by atoms with Crippen molar-refractivity contribution >= 4 is 46.2 Å². The minimum absolute atomic E-state index is 0.0899. The van der Waals surface area contributed by atoms with E-state index in [9.17, 15) is 9.59 Å². The summed E-state index contributed by atoms with van der Waals surface area (Å²) in [5, 5.41) is 2.62. The zero-order valence-corrected chi connectivity index (χ0v) is 20.0. The van der Waals surface area contributed by atoms with Gasteiger partial charge in [-0.3, -0.25) is 14.9 Å². The van der Waals surface area contributed by atoms with Gasteiger partial charge >= 0.3 is 0 Å². The summed E-state index contributed by atoms with van der Waals surface area (Å²) in [7, 11) is 0. The van der Waals surface area contributed by atoms with Gasteiger partial charge in [-0.15, -0.1) is 0 Å². The van der Waals surface area contributed by atoms with Crippen LogP contribution >= 0.6 is 23.4 Å². The zero-order valence-electron chi connectivity index (χ0n) is 18.4. The fourth-order valence-corrected chi connectivity index (χ4v) is 5.24. The largest absolute Gasteiger partial charge is 0.290 e. The van der Waals surface area contributed by atoms with Gasteiger partial charge in [0.15, 0.2) is 0 Å². The van der Waals surface area contributed by atoms with E-state index in [0.717, 1.165) is 34.9 Å². The lowest BCUT2D eigenvalue weighted by atomic mass is 9.70. The fourth-order valence-electron chi connectivity index (χ4n) is 4.34. The number of nitrogens with one attached hydrogen (secondary N) is 1. The van der Waals surface area contributed by atoms with Gasteiger partial charge in [0.25, 0.3) is 11.1 Å². The molecule has 31 heavy (non-hydrogen) atoms. The van der Waals surface area contributed by atoms with E-state index in [1.807, 2.05) is 18.2 Å². The Labute approximate surface area is 193 Å². The Hall–Kier alpha value is -2.30. The molecule has 1 saturated heterocycles. The van der Waals surface area contributed by atoms with Crippen LogP contribution in [-0.2, 0) is 10.2 Å². The normalized spacial score (nSPS) is 18.9. The van der Waals surface area contributed by atoms with E-state index in [4.69, 9.17) is 11.6 Å². The quantitative estimate of drug-likeness (QED) is 0.496. The third-order valence-corrected chi connectivity index (χ3v) is 7.22. The molecule has 1 heterocycles. The maximum Gasteiger partial charge on any atom is 0.290 e. The predicted octanol–water partition coefficient (Wildman–Crippen LogP) is 7.36. The number of fused-ring (bicyclic) bond motifs is 1. The van der Waals surface area contributed by atoms with Crippen LogP contribution in [0.1, 0.15) is 56.4 Å². The SMILES string of the molecule is Cc1cc2c(cc1-c1cc(C=C3SC(=O)NC3=O)ccc1Cl)C(C(C)C)=CCC2(C)C. The van der Waals surface area contributed by atoms with Crippen LogP contribution in [-0.4, -0.2) is 11.1 Å². The van der Waals surface area contributed by atoms with Crippen LogP contribution in [0.5, 0.6) is 0 Å². The second kappa shape index (κ2) is 7.99. The standard InChI is InChI=1S/C26H26ClNO2S/c1-14(2)17-8-9-26(4,5)21-10-15(3)18(13-19(17)21)20-11-16(6-7-22(20)27)12-23-24(29)28-25(30)31-23/h6-8,10-14H,9H2,1-5H3,(H,28,29,30). The highest BCUT2D eigenvalue weighted by molar-refractivity contribution is 8.18. The van der Waals surface area contributed by atoms with Gasteiger partial charge in [-0.05, 0) is 94.1 Å². The Morgan fingerprint density at radius 2 is 1.84 bits per heavy atom. The molecule has 0 aromatic heterocycles. The van der Waals surface area contributed by atoms with Gasteiger partial charge in [0.05, 0.1) is 4.91 Å². The molecule has 5 heteroatoms. The minimum atomic E-state index is -0.356. The third kappa shape index (κ3) is 4.11. The summed E-state index contributed by atoms with van der Waals surface area (Å²) in [4.78, 5) is 23.8. The lowest BCUT2D eigenvalue weighted by Gasteiger charge is -2.34. The van der Waals surface area contributed by atoms with Gasteiger partial charge < -0.3 is 0 Å². The van der Waals surface area contributed by atoms with Crippen molar-refractivity contribution in [1.82, 2.24) is 5.32 Å². The van der Waals surface area contributed by atoms with Crippen molar-refractivity contribution in [1.29, 1.82) is 0 Å². The maximum atomic E-state index is 11.9. The third-order valence-electron chi connectivity index (χ3n) is 6.08. The molecule has 0 bridgehead atoms. The van der Waals surface area contributed by atoms with E-state index in [1.165, 1.54) is 22.3 Å². The first-order valence-corrected chi connectivity index (χ1v) is 11.7. The van der Waals surface area contributed by atoms with Crippen molar-refractivity contribution < 1.29 is 9.59 Å². The first-order chi connectivity index (χ1) is 14.6. The highest BCUT2D eigenvalue weighted by Gasteiger charge is 2.30. The lowest BCUT2D eigenvalue weighted by molar-refractivity contribution is -0.115. The molecule has 0 atom stereocenters. The minimum Gasteiger partial charge on any atom is -0.282 e. The molecule has 0 spiro atoms. The molecule has 1 N–H and O–H groups in total. The van der Waals surface area contributed by atoms with Crippen LogP contribution in [0, 0.1) is 12.8 Å². The molecule has 1 aliphatic carbocycles. The van der Waals surface area contributed by atoms with Crippen molar-refractivity contribution in [3.8, 4) is 11.1 Å². The van der Waals surface area contributed by atoms with Gasteiger partial charge in [0.2, 0.25) is 0 Å². The van der Waals surface area contributed by atoms with Crippen molar-refractivity contribution in [3.63, 3.8) is 0 Å². The molecular formula is C26H26ClNO2S. The van der Waals surface area contributed by atoms with Gasteiger partial charge in [-0.25, -0.2) is 0 Å². The van der Waals surface area contributed by atoms with Crippen molar-refractivity contribution in [2.24, 2.45) is 5.92 Å². The van der Waals surface area contributed by atoms with Crippen LogP contribution in [0.15, 0.2) is 41.3 Å². The number of aryl methyl sites for hydroxylation is 1. The number of amides is 2. The summed E-state index contributed by atoms with van der Waals surface area (Å²) in [5.74, 6) is 0.0813. The van der Waals surface area contributed by atoms with E-state index in [-0.39, 0.29) is 16.6 Å². The van der Waals surface area contributed by atoms with Crippen molar-refractivity contribution in [2.75, 3.05) is 0 Å². The topological polar surface area (TPSA) is 46.2 Å². The van der Waals surface area contributed by atoms with E-state index >= 15 is 0 Å². The van der Waals surface area contributed by atoms with E-state index in [1.54, 1.807) is 6.08 Å². The number of allylic oxidation sites excluding steroid dienone is 2. The number of carbonyl (C=O) groups is 2. The first-order valence-electron chi connectivity index (χ1n) is 10.5. The van der Waals surface area contributed by atoms with Crippen LogP contribution < -0.4 is 5.32 Å². The molecule has 2 aromatic carbocycles. The van der Waals surface area contributed by atoms with Crippen molar-refractivity contribution in [2.45, 2.75) is 46.5 Å². The van der Waals surface area contributed by atoms with Crippen molar-refractivity contribution in [3.05, 3.63) is 68.6 Å². The summed E-state index contributed by atoms with van der Waals surface area (Å²) in [6, 6.07) is 10.3. The Morgan fingerprint density at radius 1 is 1.10 bits per heavy atom. The highest BCUT2D eigenvalue weighted by atomic mass is 35.5. The summed E-state index contributed by atoms with van der Waals surface area (Å²) in [6.45, 7) is 11.2. The van der Waals surface area contributed by atoms with Crippen LogP contribution in [0.3, 0.4) is 0 Å². The van der Waals surface area contributed by atoms with Gasteiger partial charge in [0, 0.05) is 10.6 Å². The van der Waals surface area contributed by atoms with E-state index in [2.05, 4.69) is 58.1 Å². The first kappa shape index (κ1) is 21.9. The number of halogens is 1. The molecule has 2 aromatic rings. The molecule has 0 saturated carbocycles. The lowest BCUT2D eigenvalue weighted by Crippen LogP contribution is -2.23. The molecule has 2 amide bonds. The maximum absolute atomic E-state index is 11.9. The van der Waals surface area contributed by atoms with E-state index < -0.39 is 0 Å². The zero-order chi connectivity index (χ0) is 22.5. The Balaban J connectivity index is 1.85. The molecule has 3 nitrogen and oxygen atoms in total. The summed E-state index contributed by atoms with van der Waals surface area (Å²) in [6.07, 6.45) is 5.15.